The maximum Gasteiger partial charge on any atom is 0.422 e. The summed E-state index contributed by atoms with van der Waals surface area (Å²) in [5.74, 6) is -2.36. The van der Waals surface area contributed by atoms with Gasteiger partial charge in [0.05, 0.1) is 11.5 Å². The fourth-order valence-electron chi connectivity index (χ4n) is 4.28. The van der Waals surface area contributed by atoms with Crippen LogP contribution in [0.2, 0.25) is 0 Å². The molecule has 3 heterocycles. The van der Waals surface area contributed by atoms with Gasteiger partial charge in [0.2, 0.25) is 5.60 Å². The van der Waals surface area contributed by atoms with Gasteiger partial charge in [0.1, 0.15) is 12.1 Å². The van der Waals surface area contributed by atoms with Crippen molar-refractivity contribution in [2.45, 2.75) is 30.5 Å². The number of carbonyl (C=O) groups excluding carboxylic acids is 1. The van der Waals surface area contributed by atoms with Gasteiger partial charge < -0.3 is 20.1 Å². The molecule has 0 amide bonds. The first-order valence-corrected chi connectivity index (χ1v) is 9.33. The molecular weight excluding hydrogens is 392 g/mol. The van der Waals surface area contributed by atoms with E-state index in [1.165, 1.54) is 12.1 Å². The maximum absolute atomic E-state index is 13.9. The number of nitrogens with zero attached hydrogens (tertiary/aromatic N) is 2. The van der Waals surface area contributed by atoms with Crippen molar-refractivity contribution in [1.29, 1.82) is 0 Å². The lowest BCUT2D eigenvalue weighted by Crippen LogP contribution is -2.54. The minimum Gasteiger partial charge on any atom is -0.376 e. The SMILES string of the molecule is O=CC1CNc2n[nH]c(C3CCN(c4ccc(F)cc4)CC3)c2[C@]1(O)C(F)(F)F. The number of piperidine rings is 1. The topological polar surface area (TPSA) is 81.2 Å². The standard InChI is InChI=1S/C19H20F4N4O2/c20-13-1-3-14(4-2-13)27-7-5-11(6-8-27)16-15-17(26-25-16)24-9-12(10-28)18(15,29)19(21,22)23/h1-4,10-12,29H,5-9H2,(H2,24,25,26)/t12?,18-/m0/s1. The fourth-order valence-corrected chi connectivity index (χ4v) is 4.28. The first kappa shape index (κ1) is 19.7. The summed E-state index contributed by atoms with van der Waals surface area (Å²) in [4.78, 5) is 13.3. The Morgan fingerprint density at radius 3 is 2.45 bits per heavy atom. The molecule has 0 radical (unpaired) electrons. The molecule has 0 aliphatic carbocycles. The number of anilines is 2. The summed E-state index contributed by atoms with van der Waals surface area (Å²) in [7, 11) is 0. The predicted molar refractivity (Wildman–Crippen MR) is 97.2 cm³/mol. The van der Waals surface area contributed by atoms with Crippen LogP contribution in [0.15, 0.2) is 24.3 Å². The summed E-state index contributed by atoms with van der Waals surface area (Å²) in [6.07, 6.45) is -3.85. The highest BCUT2D eigenvalue weighted by Gasteiger charge is 2.64. The Morgan fingerprint density at radius 2 is 1.86 bits per heavy atom. The van der Waals surface area contributed by atoms with E-state index in [0.717, 1.165) is 5.69 Å². The van der Waals surface area contributed by atoms with Crippen LogP contribution in [0.5, 0.6) is 0 Å². The highest BCUT2D eigenvalue weighted by atomic mass is 19.4. The van der Waals surface area contributed by atoms with E-state index < -0.39 is 17.7 Å². The number of H-pyrrole nitrogens is 1. The average molecular weight is 412 g/mol. The minimum atomic E-state index is -5.02. The Balaban J connectivity index is 1.61. The zero-order valence-corrected chi connectivity index (χ0v) is 15.3. The van der Waals surface area contributed by atoms with E-state index in [-0.39, 0.29) is 41.6 Å². The van der Waals surface area contributed by atoms with Crippen LogP contribution in [0.1, 0.15) is 30.0 Å². The monoisotopic (exact) mass is 412 g/mol. The number of hydrogen-bond donors (Lipinski definition) is 3. The van der Waals surface area contributed by atoms with Crippen LogP contribution in [-0.4, -0.2) is 47.4 Å². The molecule has 2 aliphatic rings. The molecule has 2 aromatic rings. The van der Waals surface area contributed by atoms with Crippen LogP contribution >= 0.6 is 0 Å². The van der Waals surface area contributed by atoms with Crippen molar-refractivity contribution in [2.24, 2.45) is 5.92 Å². The number of aromatic amines is 1. The van der Waals surface area contributed by atoms with Gasteiger partial charge in [-0.3, -0.25) is 5.10 Å². The van der Waals surface area contributed by atoms with Gasteiger partial charge in [-0.1, -0.05) is 0 Å². The van der Waals surface area contributed by atoms with E-state index >= 15 is 0 Å². The summed E-state index contributed by atoms with van der Waals surface area (Å²) in [6.45, 7) is 0.762. The van der Waals surface area contributed by atoms with Crippen LogP contribution in [-0.2, 0) is 10.4 Å². The number of benzene rings is 1. The van der Waals surface area contributed by atoms with E-state index in [9.17, 15) is 27.5 Å². The number of nitrogens with one attached hydrogen (secondary N) is 2. The summed E-state index contributed by atoms with van der Waals surface area (Å²) in [5.41, 5.74) is -2.62. The molecule has 4 rings (SSSR count). The second-order valence-corrected chi connectivity index (χ2v) is 7.49. The molecule has 0 bridgehead atoms. The summed E-state index contributed by atoms with van der Waals surface area (Å²) in [5, 5.41) is 20.0. The Kier molecular flexibility index (Phi) is 4.76. The summed E-state index contributed by atoms with van der Waals surface area (Å²) >= 11 is 0. The lowest BCUT2D eigenvalue weighted by molar-refractivity contribution is -0.281. The van der Waals surface area contributed by atoms with E-state index in [1.54, 1.807) is 12.1 Å². The number of halogens is 4. The molecule has 1 aromatic carbocycles. The molecule has 2 aliphatic heterocycles. The van der Waals surface area contributed by atoms with Gasteiger partial charge in [0.25, 0.3) is 0 Å². The number of aliphatic hydroxyl groups is 1. The van der Waals surface area contributed by atoms with Crippen LogP contribution in [0, 0.1) is 11.7 Å². The van der Waals surface area contributed by atoms with E-state index in [4.69, 9.17) is 0 Å². The van der Waals surface area contributed by atoms with E-state index in [1.807, 2.05) is 4.90 Å². The molecule has 1 saturated heterocycles. The van der Waals surface area contributed by atoms with Gasteiger partial charge in [-0.05, 0) is 37.1 Å². The molecule has 1 unspecified atom stereocenters. The van der Waals surface area contributed by atoms with Crippen molar-refractivity contribution >= 4 is 17.8 Å². The molecule has 6 nitrogen and oxygen atoms in total. The third-order valence-electron chi connectivity index (χ3n) is 5.89. The smallest absolute Gasteiger partial charge is 0.376 e. The number of hydrogen-bond acceptors (Lipinski definition) is 5. The van der Waals surface area contributed by atoms with Crippen molar-refractivity contribution < 1.29 is 27.5 Å². The molecular formula is C19H20F4N4O2. The quantitative estimate of drug-likeness (QED) is 0.534. The predicted octanol–water partition coefficient (Wildman–Crippen LogP) is 2.92. The molecule has 1 fully saturated rings. The van der Waals surface area contributed by atoms with Crippen molar-refractivity contribution in [3.63, 3.8) is 0 Å². The van der Waals surface area contributed by atoms with Crippen LogP contribution < -0.4 is 10.2 Å². The van der Waals surface area contributed by atoms with Crippen LogP contribution in [0.3, 0.4) is 0 Å². The highest BCUT2D eigenvalue weighted by molar-refractivity contribution is 5.66. The average Bonchev–Trinajstić information content (AvgIpc) is 3.13. The molecule has 0 spiro atoms. The van der Waals surface area contributed by atoms with Crippen molar-refractivity contribution in [2.75, 3.05) is 29.9 Å². The third kappa shape index (κ3) is 3.15. The number of aromatic nitrogens is 2. The van der Waals surface area contributed by atoms with Gasteiger partial charge in [0.15, 0.2) is 5.82 Å². The van der Waals surface area contributed by atoms with Gasteiger partial charge in [-0.25, -0.2) is 4.39 Å². The lowest BCUT2D eigenvalue weighted by Gasteiger charge is -2.40. The first-order valence-electron chi connectivity index (χ1n) is 9.33. The second kappa shape index (κ2) is 7.01. The summed E-state index contributed by atoms with van der Waals surface area (Å²) < 4.78 is 54.7. The van der Waals surface area contributed by atoms with E-state index in [2.05, 4.69) is 15.5 Å². The fraction of sp³-hybridized carbons (Fsp3) is 0.474. The minimum absolute atomic E-state index is 0.0705. The number of carbonyl (C=O) groups is 1. The van der Waals surface area contributed by atoms with Gasteiger partial charge in [0, 0.05) is 36.9 Å². The number of aldehydes is 1. The normalized spacial score (nSPS) is 25.4. The second-order valence-electron chi connectivity index (χ2n) is 7.49. The Hall–Kier alpha value is -2.62. The molecule has 10 heteroatoms. The maximum atomic E-state index is 13.9. The van der Waals surface area contributed by atoms with Crippen molar-refractivity contribution in [3.8, 4) is 0 Å². The Morgan fingerprint density at radius 1 is 1.21 bits per heavy atom. The molecule has 3 N–H and O–H groups in total. The Labute approximate surface area is 163 Å². The van der Waals surface area contributed by atoms with E-state index in [0.29, 0.717) is 25.9 Å². The van der Waals surface area contributed by atoms with Crippen LogP contribution in [0.4, 0.5) is 29.1 Å². The zero-order chi connectivity index (χ0) is 20.8. The van der Waals surface area contributed by atoms with Crippen molar-refractivity contribution in [3.05, 3.63) is 41.3 Å². The zero-order valence-electron chi connectivity index (χ0n) is 15.3. The van der Waals surface area contributed by atoms with Gasteiger partial charge in [-0.2, -0.15) is 18.3 Å². The molecule has 156 valence electrons. The first-order chi connectivity index (χ1) is 13.8. The Bertz CT molecular complexity index is 891. The lowest BCUT2D eigenvalue weighted by atomic mass is 9.75. The van der Waals surface area contributed by atoms with Gasteiger partial charge >= 0.3 is 6.18 Å². The molecule has 2 atom stereocenters. The number of rotatable bonds is 3. The number of alkyl halides is 3. The highest BCUT2D eigenvalue weighted by Crippen LogP contribution is 2.51. The molecule has 29 heavy (non-hydrogen) atoms. The summed E-state index contributed by atoms with van der Waals surface area (Å²) in [6, 6.07) is 6.05. The van der Waals surface area contributed by atoms with Gasteiger partial charge in [-0.15, -0.1) is 0 Å². The molecule has 1 aromatic heterocycles. The van der Waals surface area contributed by atoms with Crippen LogP contribution in [0.25, 0.3) is 0 Å². The third-order valence-corrected chi connectivity index (χ3v) is 5.89. The molecule has 0 saturated carbocycles. The largest absolute Gasteiger partial charge is 0.422 e. The number of fused-ring (bicyclic) bond motifs is 1. The van der Waals surface area contributed by atoms with Crippen molar-refractivity contribution in [1.82, 2.24) is 10.2 Å².